The van der Waals surface area contributed by atoms with Crippen molar-refractivity contribution in [1.82, 2.24) is 0 Å². The van der Waals surface area contributed by atoms with Crippen molar-refractivity contribution in [3.05, 3.63) is 34.8 Å². The number of nitrogens with zero attached hydrogens (tertiary/aromatic N) is 1. The first-order valence-electron chi connectivity index (χ1n) is 4.10. The maximum Gasteiger partial charge on any atom is 0.274 e. The molecule has 1 aliphatic rings. The van der Waals surface area contributed by atoms with Gasteiger partial charge in [-0.05, 0) is 12.5 Å². The van der Waals surface area contributed by atoms with Crippen molar-refractivity contribution in [2.45, 2.75) is 6.42 Å². The van der Waals surface area contributed by atoms with Gasteiger partial charge in [-0.1, -0.05) is 34.1 Å². The maximum atomic E-state index is 11.4. The Balaban J connectivity index is 2.69. The van der Waals surface area contributed by atoms with Crippen molar-refractivity contribution < 1.29 is 4.79 Å². The quantitative estimate of drug-likeness (QED) is 0.700. The standard InChI is InChI=1S/C10H8BrNO/c11-6-5-8-7-3-1-2-4-9(7)12-10(8)13/h1-4H,5-6H2. The number of benzene rings is 1. The molecule has 0 atom stereocenters. The van der Waals surface area contributed by atoms with Crippen LogP contribution in [0.3, 0.4) is 0 Å². The zero-order valence-corrected chi connectivity index (χ0v) is 8.54. The van der Waals surface area contributed by atoms with E-state index < -0.39 is 0 Å². The highest BCUT2D eigenvalue weighted by Gasteiger charge is 2.14. The van der Waals surface area contributed by atoms with Crippen LogP contribution < -0.4 is 10.6 Å². The average molecular weight is 238 g/mol. The van der Waals surface area contributed by atoms with E-state index in [1.165, 1.54) is 0 Å². The maximum absolute atomic E-state index is 11.4. The second-order valence-electron chi connectivity index (χ2n) is 2.85. The van der Waals surface area contributed by atoms with Crippen LogP contribution in [0.25, 0.3) is 5.57 Å². The van der Waals surface area contributed by atoms with Gasteiger partial charge in [0.25, 0.3) is 5.91 Å². The Bertz CT molecular complexity index is 464. The second-order valence-corrected chi connectivity index (χ2v) is 3.64. The first kappa shape index (κ1) is 8.63. The van der Waals surface area contributed by atoms with Gasteiger partial charge in [0.15, 0.2) is 0 Å². The fraction of sp³-hybridized carbons (Fsp3) is 0.200. The number of carbonyl (C=O) groups is 1. The van der Waals surface area contributed by atoms with Crippen LogP contribution in [0, 0.1) is 0 Å². The predicted molar refractivity (Wildman–Crippen MR) is 54.0 cm³/mol. The topological polar surface area (TPSA) is 29.4 Å². The summed E-state index contributed by atoms with van der Waals surface area (Å²) in [4.78, 5) is 15.4. The highest BCUT2D eigenvalue weighted by atomic mass is 79.9. The van der Waals surface area contributed by atoms with E-state index in [4.69, 9.17) is 0 Å². The molecule has 1 amide bonds. The van der Waals surface area contributed by atoms with Crippen LogP contribution in [0.4, 0.5) is 0 Å². The summed E-state index contributed by atoms with van der Waals surface area (Å²) in [5.41, 5.74) is 0.826. The van der Waals surface area contributed by atoms with Crippen molar-refractivity contribution in [2.75, 3.05) is 5.33 Å². The van der Waals surface area contributed by atoms with Crippen LogP contribution in [-0.4, -0.2) is 11.2 Å². The third kappa shape index (κ3) is 1.44. The van der Waals surface area contributed by atoms with E-state index in [1.54, 1.807) is 0 Å². The monoisotopic (exact) mass is 237 g/mol. The third-order valence-corrected chi connectivity index (χ3v) is 2.45. The zero-order chi connectivity index (χ0) is 9.26. The minimum atomic E-state index is -0.0827. The predicted octanol–water partition coefficient (Wildman–Crippen LogP) is 0.782. The molecular formula is C10H8BrNO. The number of alkyl halides is 1. The Hall–Kier alpha value is -0.960. The van der Waals surface area contributed by atoms with Gasteiger partial charge < -0.3 is 0 Å². The Morgan fingerprint density at radius 1 is 1.31 bits per heavy atom. The van der Waals surface area contributed by atoms with Crippen LogP contribution in [0.1, 0.15) is 6.42 Å². The number of para-hydroxylation sites is 1. The number of rotatable bonds is 2. The van der Waals surface area contributed by atoms with Gasteiger partial charge in [0, 0.05) is 16.1 Å². The lowest BCUT2D eigenvalue weighted by Gasteiger charge is -1.93. The molecule has 2 rings (SSSR count). The molecular weight excluding hydrogens is 230 g/mol. The summed E-state index contributed by atoms with van der Waals surface area (Å²) in [6, 6.07) is 7.64. The number of fused-ring (bicyclic) bond motifs is 1. The molecule has 1 heterocycles. The van der Waals surface area contributed by atoms with Crippen LogP contribution in [-0.2, 0) is 4.79 Å². The molecule has 0 aliphatic carbocycles. The lowest BCUT2D eigenvalue weighted by Crippen LogP contribution is -2.22. The SMILES string of the molecule is O=C1N=c2ccccc2=C1CCBr. The van der Waals surface area contributed by atoms with E-state index in [0.29, 0.717) is 0 Å². The van der Waals surface area contributed by atoms with Gasteiger partial charge in [-0.2, -0.15) is 0 Å². The fourth-order valence-corrected chi connectivity index (χ4v) is 1.85. The molecule has 0 spiro atoms. The minimum Gasteiger partial charge on any atom is -0.267 e. The summed E-state index contributed by atoms with van der Waals surface area (Å²) < 4.78 is 0. The van der Waals surface area contributed by atoms with Gasteiger partial charge in [0.05, 0.1) is 5.36 Å². The number of amides is 1. The summed E-state index contributed by atoms with van der Waals surface area (Å²) >= 11 is 3.32. The van der Waals surface area contributed by atoms with E-state index in [-0.39, 0.29) is 5.91 Å². The van der Waals surface area contributed by atoms with Crippen LogP contribution in [0.15, 0.2) is 29.3 Å². The van der Waals surface area contributed by atoms with Gasteiger partial charge in [-0.3, -0.25) is 4.79 Å². The minimum absolute atomic E-state index is 0.0827. The van der Waals surface area contributed by atoms with Gasteiger partial charge in [0.2, 0.25) is 0 Å². The van der Waals surface area contributed by atoms with Crippen molar-refractivity contribution in [3.8, 4) is 0 Å². The van der Waals surface area contributed by atoms with E-state index in [9.17, 15) is 4.79 Å². The van der Waals surface area contributed by atoms with Crippen molar-refractivity contribution >= 4 is 27.4 Å². The van der Waals surface area contributed by atoms with Gasteiger partial charge >= 0.3 is 0 Å². The largest absolute Gasteiger partial charge is 0.274 e. The molecule has 1 aliphatic heterocycles. The van der Waals surface area contributed by atoms with E-state index >= 15 is 0 Å². The van der Waals surface area contributed by atoms with Gasteiger partial charge in [-0.15, -0.1) is 0 Å². The zero-order valence-electron chi connectivity index (χ0n) is 6.96. The molecule has 3 heteroatoms. The number of carbonyl (C=O) groups excluding carboxylic acids is 1. The number of halogens is 1. The molecule has 0 N–H and O–H groups in total. The first-order chi connectivity index (χ1) is 6.33. The van der Waals surface area contributed by atoms with Crippen LogP contribution >= 0.6 is 15.9 Å². The lowest BCUT2D eigenvalue weighted by atomic mass is 10.1. The molecule has 0 saturated heterocycles. The molecule has 0 saturated carbocycles. The van der Waals surface area contributed by atoms with Crippen molar-refractivity contribution in [2.24, 2.45) is 4.99 Å². The summed E-state index contributed by atoms with van der Waals surface area (Å²) in [7, 11) is 0. The normalized spacial score (nSPS) is 14.2. The summed E-state index contributed by atoms with van der Waals surface area (Å²) in [5, 5.41) is 2.60. The molecule has 0 unspecified atom stereocenters. The number of hydrogen-bond acceptors (Lipinski definition) is 1. The fourth-order valence-electron chi connectivity index (χ4n) is 1.45. The number of hydrogen-bond donors (Lipinski definition) is 0. The van der Waals surface area contributed by atoms with Crippen molar-refractivity contribution in [1.29, 1.82) is 0 Å². The Kier molecular flexibility index (Phi) is 2.27. The van der Waals surface area contributed by atoms with Gasteiger partial charge in [0.1, 0.15) is 0 Å². The van der Waals surface area contributed by atoms with Crippen LogP contribution in [0.2, 0.25) is 0 Å². The highest BCUT2D eigenvalue weighted by molar-refractivity contribution is 9.09. The van der Waals surface area contributed by atoms with Gasteiger partial charge in [-0.25, -0.2) is 4.99 Å². The molecule has 0 aromatic heterocycles. The van der Waals surface area contributed by atoms with Crippen molar-refractivity contribution in [3.63, 3.8) is 0 Å². The summed E-state index contributed by atoms with van der Waals surface area (Å²) in [6.45, 7) is 0. The molecule has 0 bridgehead atoms. The summed E-state index contributed by atoms with van der Waals surface area (Å²) in [6.07, 6.45) is 0.749. The molecule has 2 nitrogen and oxygen atoms in total. The van der Waals surface area contributed by atoms with Crippen LogP contribution in [0.5, 0.6) is 0 Å². The highest BCUT2D eigenvalue weighted by Crippen LogP contribution is 2.07. The van der Waals surface area contributed by atoms with E-state index in [2.05, 4.69) is 20.9 Å². The van der Waals surface area contributed by atoms with E-state index in [1.807, 2.05) is 24.3 Å². The molecule has 1 aromatic rings. The lowest BCUT2D eigenvalue weighted by molar-refractivity contribution is -0.112. The summed E-state index contributed by atoms with van der Waals surface area (Å²) in [5.74, 6) is -0.0827. The molecule has 13 heavy (non-hydrogen) atoms. The second kappa shape index (κ2) is 3.42. The third-order valence-electron chi connectivity index (χ3n) is 2.05. The Morgan fingerprint density at radius 3 is 2.85 bits per heavy atom. The Morgan fingerprint density at radius 2 is 2.08 bits per heavy atom. The average Bonchev–Trinajstić information content (AvgIpc) is 2.44. The smallest absolute Gasteiger partial charge is 0.267 e. The first-order valence-corrected chi connectivity index (χ1v) is 5.22. The Labute approximate surface area is 84.1 Å². The molecule has 0 radical (unpaired) electrons. The molecule has 0 fully saturated rings. The molecule has 1 aromatic carbocycles. The van der Waals surface area contributed by atoms with E-state index in [0.717, 1.165) is 27.9 Å². The molecule has 66 valence electrons.